The van der Waals surface area contributed by atoms with E-state index >= 15 is 0 Å². The molecule has 3 heteroatoms. The van der Waals surface area contributed by atoms with E-state index in [1.807, 2.05) is 19.1 Å². The predicted octanol–water partition coefficient (Wildman–Crippen LogP) is 3.78. The maximum Gasteiger partial charge on any atom is 0.328 e. The molecule has 1 aromatic carbocycles. The molecule has 0 aliphatic carbocycles. The Labute approximate surface area is 114 Å². The molecule has 19 heavy (non-hydrogen) atoms. The molecule has 0 bridgehead atoms. The molecule has 0 atom stereocenters. The summed E-state index contributed by atoms with van der Waals surface area (Å²) in [6.45, 7) is 6.24. The molecule has 0 saturated carbocycles. The Morgan fingerprint density at radius 3 is 2.53 bits per heavy atom. The topological polar surface area (TPSA) is 46.5 Å². The molecule has 0 fully saturated rings. The van der Waals surface area contributed by atoms with Gasteiger partial charge >= 0.3 is 5.97 Å². The Bertz CT molecular complexity index is 511. The number of hydrogen-bond donors (Lipinski definition) is 1. The van der Waals surface area contributed by atoms with Crippen molar-refractivity contribution in [2.24, 2.45) is 0 Å². The van der Waals surface area contributed by atoms with Crippen LogP contribution in [0.1, 0.15) is 36.5 Å². The molecule has 0 spiro atoms. The van der Waals surface area contributed by atoms with Gasteiger partial charge in [0.05, 0.1) is 7.11 Å². The maximum atomic E-state index is 10.4. The van der Waals surface area contributed by atoms with Crippen molar-refractivity contribution in [2.45, 2.75) is 26.7 Å². The smallest absolute Gasteiger partial charge is 0.328 e. The highest BCUT2D eigenvalue weighted by molar-refractivity contribution is 5.80. The SMILES string of the molecule is COc1cc(C)c(/C=C/C=C/C(=O)O)cc1C(C)C. The fourth-order valence-corrected chi connectivity index (χ4v) is 1.82. The van der Waals surface area contributed by atoms with Crippen LogP contribution in [0.5, 0.6) is 5.75 Å². The van der Waals surface area contributed by atoms with Crippen LogP contribution in [0.3, 0.4) is 0 Å². The van der Waals surface area contributed by atoms with E-state index < -0.39 is 5.97 Å². The third-order valence-corrected chi connectivity index (χ3v) is 2.87. The molecule has 0 radical (unpaired) electrons. The number of aliphatic carboxylic acids is 1. The van der Waals surface area contributed by atoms with Crippen molar-refractivity contribution in [3.05, 3.63) is 47.1 Å². The highest BCUT2D eigenvalue weighted by atomic mass is 16.5. The minimum atomic E-state index is -0.945. The zero-order chi connectivity index (χ0) is 14.4. The molecule has 0 unspecified atom stereocenters. The quantitative estimate of drug-likeness (QED) is 0.647. The van der Waals surface area contributed by atoms with Crippen LogP contribution in [-0.2, 0) is 4.79 Å². The molecule has 3 nitrogen and oxygen atoms in total. The van der Waals surface area contributed by atoms with Crippen molar-refractivity contribution in [1.29, 1.82) is 0 Å². The van der Waals surface area contributed by atoms with Gasteiger partial charge in [0.25, 0.3) is 0 Å². The van der Waals surface area contributed by atoms with E-state index in [2.05, 4.69) is 19.9 Å². The monoisotopic (exact) mass is 260 g/mol. The molecule has 0 aliphatic heterocycles. The van der Waals surface area contributed by atoms with Gasteiger partial charge in [-0.25, -0.2) is 4.79 Å². The molecule has 0 saturated heterocycles. The average Bonchev–Trinajstić information content (AvgIpc) is 2.34. The summed E-state index contributed by atoms with van der Waals surface area (Å²) < 4.78 is 5.38. The first kappa shape index (κ1) is 15.0. The number of carboxylic acid groups (broad SMARTS) is 1. The van der Waals surface area contributed by atoms with E-state index in [4.69, 9.17) is 9.84 Å². The Morgan fingerprint density at radius 2 is 2.00 bits per heavy atom. The van der Waals surface area contributed by atoms with Crippen molar-refractivity contribution >= 4 is 12.0 Å². The molecule has 1 N–H and O–H groups in total. The van der Waals surface area contributed by atoms with Crippen molar-refractivity contribution < 1.29 is 14.6 Å². The third kappa shape index (κ3) is 4.28. The summed E-state index contributed by atoms with van der Waals surface area (Å²) in [5.41, 5.74) is 3.32. The van der Waals surface area contributed by atoms with Crippen molar-refractivity contribution in [2.75, 3.05) is 7.11 Å². The number of rotatable bonds is 5. The second kappa shape index (κ2) is 6.78. The van der Waals surface area contributed by atoms with Crippen LogP contribution in [-0.4, -0.2) is 18.2 Å². The molecule has 0 aliphatic rings. The van der Waals surface area contributed by atoms with Crippen LogP contribution < -0.4 is 4.74 Å². The maximum absolute atomic E-state index is 10.4. The van der Waals surface area contributed by atoms with Gasteiger partial charge in [-0.3, -0.25) is 0 Å². The second-order valence-electron chi connectivity index (χ2n) is 4.66. The van der Waals surface area contributed by atoms with Gasteiger partial charge in [0.15, 0.2) is 0 Å². The number of hydrogen-bond acceptors (Lipinski definition) is 2. The van der Waals surface area contributed by atoms with E-state index in [0.717, 1.165) is 28.5 Å². The lowest BCUT2D eigenvalue weighted by molar-refractivity contribution is -0.131. The lowest BCUT2D eigenvalue weighted by Gasteiger charge is -2.14. The largest absolute Gasteiger partial charge is 0.496 e. The summed E-state index contributed by atoms with van der Waals surface area (Å²) in [4.78, 5) is 10.4. The average molecular weight is 260 g/mol. The van der Waals surface area contributed by atoms with E-state index in [9.17, 15) is 4.79 Å². The predicted molar refractivity (Wildman–Crippen MR) is 77.6 cm³/mol. The summed E-state index contributed by atoms with van der Waals surface area (Å²) in [5.74, 6) is 0.321. The first-order valence-corrected chi connectivity index (χ1v) is 6.22. The zero-order valence-electron chi connectivity index (χ0n) is 11.8. The second-order valence-corrected chi connectivity index (χ2v) is 4.66. The fraction of sp³-hybridized carbons (Fsp3) is 0.312. The van der Waals surface area contributed by atoms with Crippen LogP contribution in [0, 0.1) is 6.92 Å². The summed E-state index contributed by atoms with van der Waals surface area (Å²) >= 11 is 0. The number of carbonyl (C=O) groups is 1. The van der Waals surface area contributed by atoms with E-state index in [1.165, 1.54) is 6.08 Å². The first-order chi connectivity index (χ1) is 8.95. The summed E-state index contributed by atoms with van der Waals surface area (Å²) in [6, 6.07) is 4.10. The molecule has 0 aromatic heterocycles. The Hall–Kier alpha value is -2.03. The minimum Gasteiger partial charge on any atom is -0.496 e. The first-order valence-electron chi connectivity index (χ1n) is 6.22. The summed E-state index contributed by atoms with van der Waals surface area (Å²) in [7, 11) is 1.67. The van der Waals surface area contributed by atoms with Gasteiger partial charge < -0.3 is 9.84 Å². The lowest BCUT2D eigenvalue weighted by Crippen LogP contribution is -1.96. The van der Waals surface area contributed by atoms with E-state index in [0.29, 0.717) is 5.92 Å². The number of methoxy groups -OCH3 is 1. The van der Waals surface area contributed by atoms with Crippen LogP contribution >= 0.6 is 0 Å². The number of carboxylic acids is 1. The van der Waals surface area contributed by atoms with Gasteiger partial charge in [-0.05, 0) is 41.7 Å². The van der Waals surface area contributed by atoms with E-state index in [1.54, 1.807) is 13.2 Å². The van der Waals surface area contributed by atoms with Crippen molar-refractivity contribution in [3.63, 3.8) is 0 Å². The molecule has 102 valence electrons. The number of benzene rings is 1. The third-order valence-electron chi connectivity index (χ3n) is 2.87. The van der Waals surface area contributed by atoms with Crippen LogP contribution in [0.4, 0.5) is 0 Å². The van der Waals surface area contributed by atoms with Crippen molar-refractivity contribution in [3.8, 4) is 5.75 Å². The molecular formula is C16H20O3. The molecular weight excluding hydrogens is 240 g/mol. The summed E-state index contributed by atoms with van der Waals surface area (Å²) in [5, 5.41) is 8.51. The molecule has 0 heterocycles. The van der Waals surface area contributed by atoms with Gasteiger partial charge in [0, 0.05) is 6.08 Å². The Kier molecular flexibility index (Phi) is 5.37. The number of allylic oxidation sites excluding steroid dienone is 2. The van der Waals surface area contributed by atoms with Gasteiger partial charge in [0.1, 0.15) is 5.75 Å². The van der Waals surface area contributed by atoms with Gasteiger partial charge in [0.2, 0.25) is 0 Å². The number of aryl methyl sites for hydroxylation is 1. The molecule has 1 rings (SSSR count). The van der Waals surface area contributed by atoms with Gasteiger partial charge in [-0.1, -0.05) is 32.1 Å². The van der Waals surface area contributed by atoms with Crippen LogP contribution in [0.2, 0.25) is 0 Å². The van der Waals surface area contributed by atoms with Crippen LogP contribution in [0.15, 0.2) is 30.4 Å². The summed E-state index contributed by atoms with van der Waals surface area (Å²) in [6.07, 6.45) is 6.26. The Morgan fingerprint density at radius 1 is 1.32 bits per heavy atom. The van der Waals surface area contributed by atoms with Gasteiger partial charge in [-0.15, -0.1) is 0 Å². The normalized spacial score (nSPS) is 11.6. The van der Waals surface area contributed by atoms with Crippen LogP contribution in [0.25, 0.3) is 6.08 Å². The minimum absolute atomic E-state index is 0.372. The van der Waals surface area contributed by atoms with Crippen molar-refractivity contribution in [1.82, 2.24) is 0 Å². The van der Waals surface area contributed by atoms with E-state index in [-0.39, 0.29) is 0 Å². The molecule has 0 amide bonds. The highest BCUT2D eigenvalue weighted by Gasteiger charge is 2.09. The Balaban J connectivity index is 3.08. The number of ether oxygens (including phenoxy) is 1. The van der Waals surface area contributed by atoms with Gasteiger partial charge in [-0.2, -0.15) is 0 Å². The standard InChI is InChI=1S/C16H20O3/c1-11(2)14-10-13(7-5-6-8-16(17)18)12(3)9-15(14)19-4/h5-11H,1-4H3,(H,17,18)/b7-5+,8-6+. The molecule has 1 aromatic rings. The fourth-order valence-electron chi connectivity index (χ4n) is 1.82. The highest BCUT2D eigenvalue weighted by Crippen LogP contribution is 2.30. The lowest BCUT2D eigenvalue weighted by atomic mass is 9.96. The zero-order valence-corrected chi connectivity index (χ0v) is 11.8.